The standard InChI is InChI=1S/C17H29NO/c1-14(2)18-13-16(11-12-17(3,4)19-5)15-9-7-6-8-10-15/h6-10,14,16,18H,11-13H2,1-5H3. The fourth-order valence-corrected chi connectivity index (χ4v) is 2.11. The smallest absolute Gasteiger partial charge is 0.0623 e. The van der Waals surface area contributed by atoms with Crippen LogP contribution in [-0.4, -0.2) is 25.3 Å². The van der Waals surface area contributed by atoms with Crippen molar-refractivity contribution in [2.45, 2.75) is 58.1 Å². The lowest BCUT2D eigenvalue weighted by molar-refractivity contribution is 0.0124. The highest BCUT2D eigenvalue weighted by Crippen LogP contribution is 2.26. The zero-order valence-electron chi connectivity index (χ0n) is 13.1. The maximum Gasteiger partial charge on any atom is 0.0623 e. The van der Waals surface area contributed by atoms with Gasteiger partial charge in [-0.05, 0) is 38.2 Å². The average molecular weight is 263 g/mol. The molecule has 0 aliphatic heterocycles. The van der Waals surface area contributed by atoms with Crippen molar-refractivity contribution in [1.29, 1.82) is 0 Å². The van der Waals surface area contributed by atoms with E-state index >= 15 is 0 Å². The van der Waals surface area contributed by atoms with Crippen LogP contribution in [-0.2, 0) is 4.74 Å². The number of ether oxygens (including phenoxy) is 1. The molecule has 1 atom stereocenters. The summed E-state index contributed by atoms with van der Waals surface area (Å²) in [6, 6.07) is 11.3. The summed E-state index contributed by atoms with van der Waals surface area (Å²) in [5, 5.41) is 3.56. The van der Waals surface area contributed by atoms with Crippen LogP contribution in [0.25, 0.3) is 0 Å². The van der Waals surface area contributed by atoms with Gasteiger partial charge in [-0.1, -0.05) is 44.2 Å². The normalized spacial score (nSPS) is 13.8. The number of nitrogens with one attached hydrogen (secondary N) is 1. The van der Waals surface area contributed by atoms with E-state index in [1.807, 2.05) is 0 Å². The fraction of sp³-hybridized carbons (Fsp3) is 0.647. The van der Waals surface area contributed by atoms with Crippen LogP contribution in [0.2, 0.25) is 0 Å². The van der Waals surface area contributed by atoms with Crippen LogP contribution in [0.4, 0.5) is 0 Å². The second-order valence-corrected chi connectivity index (χ2v) is 6.17. The van der Waals surface area contributed by atoms with Gasteiger partial charge in [-0.25, -0.2) is 0 Å². The molecule has 0 fully saturated rings. The van der Waals surface area contributed by atoms with E-state index < -0.39 is 0 Å². The second kappa shape index (κ2) is 7.66. The molecule has 1 aromatic carbocycles. The largest absolute Gasteiger partial charge is 0.379 e. The lowest BCUT2D eigenvalue weighted by Crippen LogP contribution is -2.30. The predicted octanol–water partition coefficient (Wildman–Crippen LogP) is 3.97. The van der Waals surface area contributed by atoms with Gasteiger partial charge in [0.15, 0.2) is 0 Å². The van der Waals surface area contributed by atoms with Crippen molar-refractivity contribution < 1.29 is 4.74 Å². The number of benzene rings is 1. The lowest BCUT2D eigenvalue weighted by atomic mass is 9.89. The molecule has 0 heterocycles. The zero-order chi connectivity index (χ0) is 14.3. The van der Waals surface area contributed by atoms with Crippen molar-refractivity contribution in [3.8, 4) is 0 Å². The Morgan fingerprint density at radius 1 is 1.16 bits per heavy atom. The quantitative estimate of drug-likeness (QED) is 0.766. The van der Waals surface area contributed by atoms with E-state index in [9.17, 15) is 0 Å². The summed E-state index contributed by atoms with van der Waals surface area (Å²) >= 11 is 0. The highest BCUT2D eigenvalue weighted by Gasteiger charge is 2.20. The average Bonchev–Trinajstić information content (AvgIpc) is 2.39. The molecular formula is C17H29NO. The van der Waals surface area contributed by atoms with Gasteiger partial charge in [-0.2, -0.15) is 0 Å². The van der Waals surface area contributed by atoms with Gasteiger partial charge in [-0.3, -0.25) is 0 Å². The Hall–Kier alpha value is -0.860. The summed E-state index contributed by atoms with van der Waals surface area (Å²) in [5.41, 5.74) is 1.38. The Morgan fingerprint density at radius 2 is 1.79 bits per heavy atom. The van der Waals surface area contributed by atoms with Crippen LogP contribution in [0.15, 0.2) is 30.3 Å². The molecule has 1 N–H and O–H groups in total. The third-order valence-corrected chi connectivity index (χ3v) is 3.69. The maximum absolute atomic E-state index is 5.53. The van der Waals surface area contributed by atoms with E-state index in [0.717, 1.165) is 19.4 Å². The van der Waals surface area contributed by atoms with E-state index in [1.54, 1.807) is 7.11 Å². The van der Waals surface area contributed by atoms with Crippen LogP contribution < -0.4 is 5.32 Å². The molecule has 0 saturated heterocycles. The van der Waals surface area contributed by atoms with Gasteiger partial charge in [0.05, 0.1) is 5.60 Å². The summed E-state index contributed by atoms with van der Waals surface area (Å²) in [6.07, 6.45) is 2.22. The van der Waals surface area contributed by atoms with Gasteiger partial charge in [0.2, 0.25) is 0 Å². The van der Waals surface area contributed by atoms with E-state index in [2.05, 4.69) is 63.3 Å². The SMILES string of the molecule is COC(C)(C)CCC(CNC(C)C)c1ccccc1. The summed E-state index contributed by atoms with van der Waals surface area (Å²) in [5.74, 6) is 0.554. The molecule has 0 aromatic heterocycles. The fourth-order valence-electron chi connectivity index (χ4n) is 2.11. The first-order chi connectivity index (χ1) is 8.94. The molecular weight excluding hydrogens is 234 g/mol. The van der Waals surface area contributed by atoms with Crippen molar-refractivity contribution in [1.82, 2.24) is 5.32 Å². The van der Waals surface area contributed by atoms with E-state index in [-0.39, 0.29) is 5.60 Å². The minimum absolute atomic E-state index is 0.0368. The van der Waals surface area contributed by atoms with Crippen LogP contribution in [0.3, 0.4) is 0 Å². The van der Waals surface area contributed by atoms with E-state index in [4.69, 9.17) is 4.74 Å². The number of hydrogen-bond donors (Lipinski definition) is 1. The third kappa shape index (κ3) is 6.22. The van der Waals surface area contributed by atoms with Gasteiger partial charge < -0.3 is 10.1 Å². The Kier molecular flexibility index (Phi) is 6.53. The molecule has 0 radical (unpaired) electrons. The topological polar surface area (TPSA) is 21.3 Å². The molecule has 2 heteroatoms. The van der Waals surface area contributed by atoms with Gasteiger partial charge in [0, 0.05) is 19.7 Å². The molecule has 1 unspecified atom stereocenters. The molecule has 0 aliphatic carbocycles. The first kappa shape index (κ1) is 16.2. The minimum Gasteiger partial charge on any atom is -0.379 e. The molecule has 0 bridgehead atoms. The molecule has 0 aliphatic rings. The molecule has 0 saturated carbocycles. The molecule has 108 valence electrons. The van der Waals surface area contributed by atoms with E-state index in [1.165, 1.54) is 5.56 Å². The van der Waals surface area contributed by atoms with Crippen molar-refractivity contribution >= 4 is 0 Å². The number of methoxy groups -OCH3 is 1. The van der Waals surface area contributed by atoms with Crippen LogP contribution in [0.1, 0.15) is 52.0 Å². The molecule has 0 amide bonds. The zero-order valence-corrected chi connectivity index (χ0v) is 13.1. The van der Waals surface area contributed by atoms with Crippen molar-refractivity contribution in [3.63, 3.8) is 0 Å². The van der Waals surface area contributed by atoms with Crippen molar-refractivity contribution in [2.75, 3.05) is 13.7 Å². The van der Waals surface area contributed by atoms with Gasteiger partial charge in [0.25, 0.3) is 0 Å². The van der Waals surface area contributed by atoms with Crippen LogP contribution in [0, 0.1) is 0 Å². The summed E-state index contributed by atoms with van der Waals surface area (Å²) < 4.78 is 5.53. The summed E-state index contributed by atoms with van der Waals surface area (Å²) in [6.45, 7) is 9.74. The van der Waals surface area contributed by atoms with Crippen LogP contribution >= 0.6 is 0 Å². The highest BCUT2D eigenvalue weighted by molar-refractivity contribution is 5.20. The lowest BCUT2D eigenvalue weighted by Gasteiger charge is -2.27. The molecule has 0 spiro atoms. The summed E-state index contributed by atoms with van der Waals surface area (Å²) in [4.78, 5) is 0. The first-order valence-electron chi connectivity index (χ1n) is 7.28. The molecule has 19 heavy (non-hydrogen) atoms. The third-order valence-electron chi connectivity index (χ3n) is 3.69. The Morgan fingerprint density at radius 3 is 2.32 bits per heavy atom. The molecule has 1 aromatic rings. The van der Waals surface area contributed by atoms with Gasteiger partial charge >= 0.3 is 0 Å². The number of rotatable bonds is 8. The number of hydrogen-bond acceptors (Lipinski definition) is 2. The van der Waals surface area contributed by atoms with Gasteiger partial charge in [0.1, 0.15) is 0 Å². The highest BCUT2D eigenvalue weighted by atomic mass is 16.5. The monoisotopic (exact) mass is 263 g/mol. The van der Waals surface area contributed by atoms with Crippen molar-refractivity contribution in [3.05, 3.63) is 35.9 Å². The molecule has 1 rings (SSSR count). The second-order valence-electron chi connectivity index (χ2n) is 6.17. The predicted molar refractivity (Wildman–Crippen MR) is 82.6 cm³/mol. The Bertz CT molecular complexity index is 346. The van der Waals surface area contributed by atoms with Crippen molar-refractivity contribution in [2.24, 2.45) is 0 Å². The minimum atomic E-state index is -0.0368. The van der Waals surface area contributed by atoms with Gasteiger partial charge in [-0.15, -0.1) is 0 Å². The first-order valence-corrected chi connectivity index (χ1v) is 7.28. The maximum atomic E-state index is 5.53. The van der Waals surface area contributed by atoms with Crippen LogP contribution in [0.5, 0.6) is 0 Å². The molecule has 2 nitrogen and oxygen atoms in total. The Balaban J connectivity index is 2.65. The van der Waals surface area contributed by atoms with E-state index in [0.29, 0.717) is 12.0 Å². The Labute approximate surface area is 118 Å². The summed E-state index contributed by atoms with van der Waals surface area (Å²) in [7, 11) is 1.80.